The van der Waals surface area contributed by atoms with Gasteiger partial charge in [-0.2, -0.15) is 0 Å². The molecule has 5 rings (SSSR count). The molecule has 32 heavy (non-hydrogen) atoms. The Labute approximate surface area is 195 Å². The van der Waals surface area contributed by atoms with Crippen LogP contribution in [0.4, 0.5) is 0 Å². The van der Waals surface area contributed by atoms with Gasteiger partial charge in [-0.3, -0.25) is 4.99 Å². The van der Waals surface area contributed by atoms with Crippen molar-refractivity contribution in [3.63, 3.8) is 0 Å². The fourth-order valence-corrected chi connectivity index (χ4v) is 8.49. The molecule has 7 unspecified atom stereocenters. The van der Waals surface area contributed by atoms with E-state index in [1.807, 2.05) is 19.3 Å². The maximum Gasteiger partial charge on any atom is 0.0287 e. The standard InChI is InChI=1S/C30H42N2/c1-6-20-17-22(7-8-23(20)19-31-3)28-13-14-29-27-11-9-21-18-24(32(4)5)10-12-25(21)26(27)15-16-30(28,29)2/h6-8,13,17,19,21,24-27,29H,1,9-12,14-16,18H2,2-5H3. The van der Waals surface area contributed by atoms with Crippen LogP contribution in [0.25, 0.3) is 11.6 Å². The molecule has 0 aromatic heterocycles. The van der Waals surface area contributed by atoms with Crippen molar-refractivity contribution in [2.75, 3.05) is 21.1 Å². The fourth-order valence-electron chi connectivity index (χ4n) is 8.49. The first-order chi connectivity index (χ1) is 15.5. The predicted octanol–water partition coefficient (Wildman–Crippen LogP) is 6.95. The Bertz CT molecular complexity index is 925. The molecule has 0 N–H and O–H groups in total. The number of aliphatic imine (C=N–C) groups is 1. The lowest BCUT2D eigenvalue weighted by molar-refractivity contribution is -0.0482. The van der Waals surface area contributed by atoms with Gasteiger partial charge in [0, 0.05) is 19.3 Å². The van der Waals surface area contributed by atoms with Crippen LogP contribution in [-0.2, 0) is 0 Å². The van der Waals surface area contributed by atoms with E-state index in [1.165, 1.54) is 68.1 Å². The minimum Gasteiger partial charge on any atom is -0.306 e. The molecule has 0 aliphatic heterocycles. The summed E-state index contributed by atoms with van der Waals surface area (Å²) in [6, 6.07) is 7.74. The highest BCUT2D eigenvalue weighted by Crippen LogP contribution is 2.64. The summed E-state index contributed by atoms with van der Waals surface area (Å²) in [6.45, 7) is 6.66. The van der Waals surface area contributed by atoms with E-state index in [1.54, 1.807) is 5.57 Å². The molecule has 2 nitrogen and oxygen atoms in total. The summed E-state index contributed by atoms with van der Waals surface area (Å²) in [7, 11) is 6.41. The summed E-state index contributed by atoms with van der Waals surface area (Å²) in [6.07, 6.45) is 17.9. The molecule has 0 saturated heterocycles. The van der Waals surface area contributed by atoms with Crippen molar-refractivity contribution in [3.8, 4) is 0 Å². The Hall–Kier alpha value is -1.67. The van der Waals surface area contributed by atoms with Crippen LogP contribution in [0.2, 0.25) is 0 Å². The third-order valence-corrected chi connectivity index (χ3v) is 10.1. The monoisotopic (exact) mass is 430 g/mol. The smallest absolute Gasteiger partial charge is 0.0287 e. The van der Waals surface area contributed by atoms with Crippen LogP contribution in [0.3, 0.4) is 0 Å². The van der Waals surface area contributed by atoms with Crippen molar-refractivity contribution in [1.82, 2.24) is 4.90 Å². The van der Waals surface area contributed by atoms with Crippen molar-refractivity contribution in [2.24, 2.45) is 40.0 Å². The quantitative estimate of drug-likeness (QED) is 0.472. The van der Waals surface area contributed by atoms with Crippen molar-refractivity contribution in [2.45, 2.75) is 64.3 Å². The first kappa shape index (κ1) is 22.1. The Kier molecular flexibility index (Phi) is 5.95. The number of rotatable bonds is 4. The van der Waals surface area contributed by atoms with Crippen LogP contribution in [0, 0.1) is 35.0 Å². The van der Waals surface area contributed by atoms with Crippen molar-refractivity contribution >= 4 is 17.9 Å². The Morgan fingerprint density at radius 3 is 2.59 bits per heavy atom. The number of fused-ring (bicyclic) bond motifs is 5. The minimum absolute atomic E-state index is 0.341. The molecule has 1 aromatic rings. The SMILES string of the molecule is C=Cc1cc(C2=CCC3C4CCC5CC(N(C)C)CCC5C4CCC23C)ccc1C=NC. The molecular weight excluding hydrogens is 388 g/mol. The molecule has 2 heteroatoms. The van der Waals surface area contributed by atoms with Crippen LogP contribution in [-0.4, -0.2) is 38.3 Å². The lowest BCUT2D eigenvalue weighted by Crippen LogP contribution is -2.49. The van der Waals surface area contributed by atoms with Gasteiger partial charge in [0.1, 0.15) is 0 Å². The van der Waals surface area contributed by atoms with Crippen molar-refractivity contribution in [3.05, 3.63) is 47.5 Å². The summed E-state index contributed by atoms with van der Waals surface area (Å²) in [4.78, 5) is 6.71. The lowest BCUT2D eigenvalue weighted by atomic mass is 9.49. The van der Waals surface area contributed by atoms with Gasteiger partial charge in [-0.1, -0.05) is 37.8 Å². The van der Waals surface area contributed by atoms with Crippen LogP contribution >= 0.6 is 0 Å². The van der Waals surface area contributed by atoms with E-state index in [-0.39, 0.29) is 0 Å². The molecule has 7 atom stereocenters. The molecule has 0 amide bonds. The summed E-state index contributed by atoms with van der Waals surface area (Å²) in [5, 5.41) is 0. The molecule has 1 aromatic carbocycles. The first-order valence-corrected chi connectivity index (χ1v) is 13.0. The maximum absolute atomic E-state index is 4.22. The van der Waals surface area contributed by atoms with Crippen molar-refractivity contribution < 1.29 is 0 Å². The molecule has 0 bridgehead atoms. The van der Waals surface area contributed by atoms with Gasteiger partial charge in [-0.25, -0.2) is 0 Å². The molecule has 4 aliphatic carbocycles. The van der Waals surface area contributed by atoms with Crippen molar-refractivity contribution in [1.29, 1.82) is 0 Å². The lowest BCUT2D eigenvalue weighted by Gasteiger charge is -2.56. The fraction of sp³-hybridized carbons (Fsp3) is 0.633. The molecule has 4 aliphatic rings. The number of benzene rings is 1. The second-order valence-corrected chi connectivity index (χ2v) is 11.6. The van der Waals surface area contributed by atoms with Gasteiger partial charge in [0.2, 0.25) is 0 Å². The highest BCUT2D eigenvalue weighted by molar-refractivity contribution is 5.87. The van der Waals surface area contributed by atoms with Gasteiger partial charge in [0.15, 0.2) is 0 Å². The summed E-state index contributed by atoms with van der Waals surface area (Å²) >= 11 is 0. The second-order valence-electron chi connectivity index (χ2n) is 11.6. The topological polar surface area (TPSA) is 15.6 Å². The first-order valence-electron chi connectivity index (χ1n) is 13.0. The van der Waals surface area contributed by atoms with E-state index in [9.17, 15) is 0 Å². The van der Waals surface area contributed by atoms with E-state index >= 15 is 0 Å². The minimum atomic E-state index is 0.341. The Balaban J connectivity index is 1.37. The Morgan fingerprint density at radius 2 is 1.84 bits per heavy atom. The zero-order valence-electron chi connectivity index (χ0n) is 20.7. The number of nitrogens with zero attached hydrogens (tertiary/aromatic N) is 2. The molecule has 0 heterocycles. The average molecular weight is 431 g/mol. The van der Waals surface area contributed by atoms with Crippen LogP contribution in [0.1, 0.15) is 75.0 Å². The Morgan fingerprint density at radius 1 is 1.03 bits per heavy atom. The maximum atomic E-state index is 4.22. The van der Waals surface area contributed by atoms with E-state index in [0.29, 0.717) is 5.41 Å². The third-order valence-electron chi connectivity index (χ3n) is 10.1. The molecule has 3 saturated carbocycles. The second kappa shape index (κ2) is 8.60. The average Bonchev–Trinajstić information content (AvgIpc) is 3.16. The summed E-state index contributed by atoms with van der Waals surface area (Å²) in [5.41, 5.74) is 5.74. The summed E-state index contributed by atoms with van der Waals surface area (Å²) in [5.74, 6) is 4.74. The van der Waals surface area contributed by atoms with Crippen LogP contribution in [0.15, 0.2) is 35.8 Å². The van der Waals surface area contributed by atoms with Crippen LogP contribution in [0.5, 0.6) is 0 Å². The van der Waals surface area contributed by atoms with Gasteiger partial charge in [0.25, 0.3) is 0 Å². The van der Waals surface area contributed by atoms with Gasteiger partial charge in [0.05, 0.1) is 0 Å². The molecule has 0 spiro atoms. The number of allylic oxidation sites excluding steroid dienone is 2. The van der Waals surface area contributed by atoms with Gasteiger partial charge in [-0.15, -0.1) is 0 Å². The van der Waals surface area contributed by atoms with E-state index in [2.05, 4.69) is 61.8 Å². The van der Waals surface area contributed by atoms with E-state index < -0.39 is 0 Å². The number of hydrogen-bond donors (Lipinski definition) is 0. The van der Waals surface area contributed by atoms with Gasteiger partial charge < -0.3 is 4.90 Å². The van der Waals surface area contributed by atoms with E-state index in [0.717, 1.165) is 35.6 Å². The zero-order valence-corrected chi connectivity index (χ0v) is 20.7. The molecule has 3 fully saturated rings. The van der Waals surface area contributed by atoms with Gasteiger partial charge in [-0.05, 0) is 129 Å². The highest BCUT2D eigenvalue weighted by atomic mass is 15.1. The van der Waals surface area contributed by atoms with Gasteiger partial charge >= 0.3 is 0 Å². The highest BCUT2D eigenvalue weighted by Gasteiger charge is 2.54. The van der Waals surface area contributed by atoms with E-state index in [4.69, 9.17) is 0 Å². The summed E-state index contributed by atoms with van der Waals surface area (Å²) < 4.78 is 0. The number of hydrogen-bond acceptors (Lipinski definition) is 2. The normalized spacial score (nSPS) is 38.8. The van der Waals surface area contributed by atoms with Crippen LogP contribution < -0.4 is 0 Å². The molecular formula is C30H42N2. The third kappa shape index (κ3) is 3.54. The molecule has 172 valence electrons. The predicted molar refractivity (Wildman–Crippen MR) is 138 cm³/mol. The zero-order chi connectivity index (χ0) is 22.5. The molecule has 0 radical (unpaired) electrons. The largest absolute Gasteiger partial charge is 0.306 e.